The minimum atomic E-state index is -0.0883. The van der Waals surface area contributed by atoms with Crippen LogP contribution in [0.3, 0.4) is 0 Å². The molecule has 0 spiro atoms. The largest absolute Gasteiger partial charge is 0.381 e. The molecule has 1 saturated heterocycles. The molecule has 5 nitrogen and oxygen atoms in total. The lowest BCUT2D eigenvalue weighted by Crippen LogP contribution is -2.42. The maximum Gasteiger partial charge on any atom is 0.0755 e. The number of aryl methyl sites for hydroxylation is 1. The Balaban J connectivity index is 2.02. The molecule has 2 rings (SSSR count). The summed E-state index contributed by atoms with van der Waals surface area (Å²) in [6, 6.07) is 0.525. The summed E-state index contributed by atoms with van der Waals surface area (Å²) in [7, 11) is 0. The summed E-state index contributed by atoms with van der Waals surface area (Å²) in [6.45, 7) is 12.6. The van der Waals surface area contributed by atoms with Crippen molar-refractivity contribution < 1.29 is 9.47 Å². The first-order chi connectivity index (χ1) is 9.99. The zero-order valence-electron chi connectivity index (χ0n) is 13.8. The minimum Gasteiger partial charge on any atom is -0.381 e. The second kappa shape index (κ2) is 7.27. The second-order valence-electron chi connectivity index (χ2n) is 6.55. The van der Waals surface area contributed by atoms with Crippen LogP contribution in [-0.4, -0.2) is 47.8 Å². The quantitative estimate of drug-likeness (QED) is 0.809. The maximum absolute atomic E-state index is 5.91. The van der Waals surface area contributed by atoms with Crippen LogP contribution in [0.4, 0.5) is 5.69 Å². The zero-order chi connectivity index (χ0) is 15.3. The van der Waals surface area contributed by atoms with Crippen molar-refractivity contribution in [2.24, 2.45) is 0 Å². The SMILES string of the molecule is CCn1cc(N(CCOC(C)(C)C)C2CCOCC2)cn1. The molecule has 1 aromatic rings. The van der Waals surface area contributed by atoms with E-state index in [-0.39, 0.29) is 5.60 Å². The fourth-order valence-electron chi connectivity index (χ4n) is 2.64. The average Bonchev–Trinajstić information content (AvgIpc) is 2.92. The number of hydrogen-bond donors (Lipinski definition) is 0. The average molecular weight is 295 g/mol. The molecule has 1 aliphatic rings. The van der Waals surface area contributed by atoms with Gasteiger partial charge in [-0.15, -0.1) is 0 Å². The first kappa shape index (κ1) is 16.3. The Labute approximate surface area is 128 Å². The Morgan fingerprint density at radius 3 is 2.67 bits per heavy atom. The van der Waals surface area contributed by atoms with E-state index in [1.54, 1.807) is 0 Å². The van der Waals surface area contributed by atoms with E-state index in [4.69, 9.17) is 9.47 Å². The molecule has 0 N–H and O–H groups in total. The van der Waals surface area contributed by atoms with Crippen LogP contribution in [0.2, 0.25) is 0 Å². The Bertz CT molecular complexity index is 419. The van der Waals surface area contributed by atoms with E-state index in [1.807, 2.05) is 10.9 Å². The highest BCUT2D eigenvalue weighted by Gasteiger charge is 2.23. The van der Waals surface area contributed by atoms with Gasteiger partial charge in [0.2, 0.25) is 0 Å². The highest BCUT2D eigenvalue weighted by molar-refractivity contribution is 5.43. The van der Waals surface area contributed by atoms with Gasteiger partial charge < -0.3 is 14.4 Å². The molecule has 0 unspecified atom stereocenters. The van der Waals surface area contributed by atoms with E-state index in [0.29, 0.717) is 6.04 Å². The van der Waals surface area contributed by atoms with E-state index in [0.717, 1.165) is 45.8 Å². The third-order valence-corrected chi connectivity index (χ3v) is 3.77. The highest BCUT2D eigenvalue weighted by atomic mass is 16.5. The van der Waals surface area contributed by atoms with Crippen molar-refractivity contribution in [2.45, 2.75) is 58.7 Å². The molecule has 2 heterocycles. The summed E-state index contributed by atoms with van der Waals surface area (Å²) in [5, 5.41) is 4.41. The van der Waals surface area contributed by atoms with Crippen LogP contribution >= 0.6 is 0 Å². The molecule has 120 valence electrons. The number of nitrogens with zero attached hydrogens (tertiary/aromatic N) is 3. The van der Waals surface area contributed by atoms with Crippen molar-refractivity contribution in [3.05, 3.63) is 12.4 Å². The van der Waals surface area contributed by atoms with Crippen molar-refractivity contribution in [1.82, 2.24) is 9.78 Å². The molecule has 0 saturated carbocycles. The van der Waals surface area contributed by atoms with Gasteiger partial charge in [-0.3, -0.25) is 4.68 Å². The molecule has 1 aliphatic heterocycles. The van der Waals surface area contributed by atoms with Gasteiger partial charge >= 0.3 is 0 Å². The van der Waals surface area contributed by atoms with Crippen LogP contribution in [0, 0.1) is 0 Å². The molecule has 1 fully saturated rings. The molecule has 0 atom stereocenters. The molecule has 0 bridgehead atoms. The Morgan fingerprint density at radius 2 is 2.10 bits per heavy atom. The van der Waals surface area contributed by atoms with Crippen molar-refractivity contribution in [2.75, 3.05) is 31.3 Å². The third-order valence-electron chi connectivity index (χ3n) is 3.77. The summed E-state index contributed by atoms with van der Waals surface area (Å²) in [5.41, 5.74) is 1.11. The van der Waals surface area contributed by atoms with E-state index in [9.17, 15) is 0 Å². The van der Waals surface area contributed by atoms with Crippen molar-refractivity contribution in [3.8, 4) is 0 Å². The monoisotopic (exact) mass is 295 g/mol. The Morgan fingerprint density at radius 1 is 1.38 bits per heavy atom. The molecule has 0 aliphatic carbocycles. The summed E-state index contributed by atoms with van der Waals surface area (Å²) in [6.07, 6.45) is 6.25. The van der Waals surface area contributed by atoms with Gasteiger partial charge in [0.1, 0.15) is 0 Å². The molecule has 1 aromatic heterocycles. The van der Waals surface area contributed by atoms with E-state index in [2.05, 4.69) is 43.9 Å². The van der Waals surface area contributed by atoms with Gasteiger partial charge in [-0.25, -0.2) is 0 Å². The predicted octanol–water partition coefficient (Wildman–Crippen LogP) is 2.70. The summed E-state index contributed by atoms with van der Waals surface area (Å²) in [5.74, 6) is 0. The van der Waals surface area contributed by atoms with Crippen LogP contribution < -0.4 is 4.90 Å². The number of hydrogen-bond acceptors (Lipinski definition) is 4. The normalized spacial score (nSPS) is 17.1. The number of ether oxygens (including phenoxy) is 2. The zero-order valence-corrected chi connectivity index (χ0v) is 13.8. The highest BCUT2D eigenvalue weighted by Crippen LogP contribution is 2.22. The van der Waals surface area contributed by atoms with Gasteiger partial charge in [0.05, 0.1) is 24.1 Å². The lowest BCUT2D eigenvalue weighted by Gasteiger charge is -2.35. The summed E-state index contributed by atoms with van der Waals surface area (Å²) < 4.78 is 13.4. The molecular weight excluding hydrogens is 266 g/mol. The lowest BCUT2D eigenvalue weighted by molar-refractivity contribution is -0.000420. The standard InChI is InChI=1S/C16H29N3O2/c1-5-18-13-15(12-17-18)19(8-11-21-16(2,3)4)14-6-9-20-10-7-14/h12-14H,5-11H2,1-4H3. The smallest absolute Gasteiger partial charge is 0.0755 e. The van der Waals surface area contributed by atoms with Crippen LogP contribution in [0.15, 0.2) is 12.4 Å². The van der Waals surface area contributed by atoms with Gasteiger partial charge in [0.15, 0.2) is 0 Å². The molecule has 0 amide bonds. The van der Waals surface area contributed by atoms with Gasteiger partial charge in [0.25, 0.3) is 0 Å². The third kappa shape index (κ3) is 5.00. The molecule has 5 heteroatoms. The van der Waals surface area contributed by atoms with E-state index in [1.165, 1.54) is 5.69 Å². The van der Waals surface area contributed by atoms with Crippen molar-refractivity contribution >= 4 is 5.69 Å². The van der Waals surface area contributed by atoms with Crippen LogP contribution in [-0.2, 0) is 16.0 Å². The van der Waals surface area contributed by atoms with E-state index >= 15 is 0 Å². The van der Waals surface area contributed by atoms with E-state index < -0.39 is 0 Å². The van der Waals surface area contributed by atoms with Crippen molar-refractivity contribution in [1.29, 1.82) is 0 Å². The van der Waals surface area contributed by atoms with Gasteiger partial charge in [-0.05, 0) is 40.5 Å². The summed E-state index contributed by atoms with van der Waals surface area (Å²) >= 11 is 0. The fourth-order valence-corrected chi connectivity index (χ4v) is 2.64. The van der Waals surface area contributed by atoms with Gasteiger partial charge in [0, 0.05) is 38.5 Å². The minimum absolute atomic E-state index is 0.0883. The maximum atomic E-state index is 5.91. The molecule has 21 heavy (non-hydrogen) atoms. The molecule has 0 aromatic carbocycles. The predicted molar refractivity (Wildman–Crippen MR) is 84.8 cm³/mol. The Hall–Kier alpha value is -1.07. The van der Waals surface area contributed by atoms with Gasteiger partial charge in [-0.2, -0.15) is 5.10 Å². The van der Waals surface area contributed by atoms with Gasteiger partial charge in [-0.1, -0.05) is 0 Å². The van der Waals surface area contributed by atoms with Crippen LogP contribution in [0.5, 0.6) is 0 Å². The molecular formula is C16H29N3O2. The second-order valence-corrected chi connectivity index (χ2v) is 6.55. The first-order valence-corrected chi connectivity index (χ1v) is 8.00. The first-order valence-electron chi connectivity index (χ1n) is 8.00. The number of rotatable bonds is 6. The number of anilines is 1. The Kier molecular flexibility index (Phi) is 5.65. The fraction of sp³-hybridized carbons (Fsp3) is 0.812. The van der Waals surface area contributed by atoms with Crippen LogP contribution in [0.1, 0.15) is 40.5 Å². The lowest BCUT2D eigenvalue weighted by atomic mass is 10.1. The molecule has 0 radical (unpaired) electrons. The van der Waals surface area contributed by atoms with Crippen LogP contribution in [0.25, 0.3) is 0 Å². The topological polar surface area (TPSA) is 39.5 Å². The summed E-state index contributed by atoms with van der Waals surface area (Å²) in [4.78, 5) is 2.44. The number of aromatic nitrogens is 2. The van der Waals surface area contributed by atoms with Crippen molar-refractivity contribution in [3.63, 3.8) is 0 Å².